The topological polar surface area (TPSA) is 61.4 Å². The average Bonchev–Trinajstić information content (AvgIpc) is 3.19. The normalized spacial score (nSPS) is 17.1. The minimum absolute atomic E-state index is 0.364. The molecule has 7 nitrogen and oxygen atoms in total. The van der Waals surface area contributed by atoms with Gasteiger partial charge in [0, 0.05) is 56.1 Å². The highest BCUT2D eigenvalue weighted by Gasteiger charge is 2.24. The van der Waals surface area contributed by atoms with Crippen LogP contribution in [0.4, 0.5) is 5.69 Å². The molecule has 1 aliphatic rings. The van der Waals surface area contributed by atoms with Crippen molar-refractivity contribution in [1.29, 1.82) is 0 Å². The van der Waals surface area contributed by atoms with E-state index in [4.69, 9.17) is 14.5 Å². The Morgan fingerprint density at radius 3 is 2.39 bits per heavy atom. The van der Waals surface area contributed by atoms with Crippen LogP contribution >= 0.6 is 0 Å². The zero-order valence-corrected chi connectivity index (χ0v) is 18.1. The maximum atomic E-state index is 5.41. The lowest BCUT2D eigenvalue weighted by atomic mass is 10.2. The van der Waals surface area contributed by atoms with Crippen molar-refractivity contribution in [2.24, 2.45) is 4.99 Å². The first kappa shape index (κ1) is 22.1. The number of rotatable bonds is 10. The van der Waals surface area contributed by atoms with Gasteiger partial charge in [-0.25, -0.2) is 0 Å². The van der Waals surface area contributed by atoms with Gasteiger partial charge in [0.15, 0.2) is 5.96 Å². The predicted molar refractivity (Wildman–Crippen MR) is 117 cm³/mol. The molecule has 0 aliphatic carbocycles. The number of nitrogens with one attached hydrogen (secondary N) is 2. The van der Waals surface area contributed by atoms with E-state index in [-0.39, 0.29) is 0 Å². The zero-order chi connectivity index (χ0) is 20.4. The van der Waals surface area contributed by atoms with E-state index in [0.717, 1.165) is 75.4 Å². The van der Waals surface area contributed by atoms with Crippen LogP contribution in [0.1, 0.15) is 27.2 Å². The van der Waals surface area contributed by atoms with Crippen molar-refractivity contribution in [2.75, 3.05) is 64.9 Å². The van der Waals surface area contributed by atoms with Crippen LogP contribution in [-0.4, -0.2) is 76.9 Å². The highest BCUT2D eigenvalue weighted by molar-refractivity contribution is 5.80. The Morgan fingerprint density at radius 2 is 1.82 bits per heavy atom. The largest absolute Gasteiger partial charge is 0.497 e. The summed E-state index contributed by atoms with van der Waals surface area (Å²) in [5.41, 5.74) is 1.13. The van der Waals surface area contributed by atoms with Crippen molar-refractivity contribution >= 4 is 11.6 Å². The first-order valence-electron chi connectivity index (χ1n) is 10.4. The molecule has 1 aromatic carbocycles. The Balaban J connectivity index is 1.95. The molecule has 1 saturated heterocycles. The summed E-state index contributed by atoms with van der Waals surface area (Å²) in [7, 11) is 3.37. The molecule has 0 spiro atoms. The van der Waals surface area contributed by atoms with Crippen LogP contribution in [0.3, 0.4) is 0 Å². The number of ether oxygens (including phenoxy) is 2. The monoisotopic (exact) mass is 391 g/mol. The standard InChI is InChI=1S/C21H37N5O2/c1-6-22-21(23-10-12-25(7-2)8-3)24-17-9-11-26(16-17)18-13-19(27-4)15-20(14-18)28-5/h13-15,17H,6-12,16H2,1-5H3,(H2,22,23,24). The minimum Gasteiger partial charge on any atom is -0.497 e. The van der Waals surface area contributed by atoms with E-state index in [1.165, 1.54) is 0 Å². The Kier molecular flexibility index (Phi) is 9.20. The van der Waals surface area contributed by atoms with Crippen LogP contribution in [0.15, 0.2) is 23.2 Å². The van der Waals surface area contributed by atoms with Crippen LogP contribution in [0.5, 0.6) is 11.5 Å². The van der Waals surface area contributed by atoms with Gasteiger partial charge < -0.3 is 29.9 Å². The van der Waals surface area contributed by atoms with Crippen LogP contribution in [-0.2, 0) is 0 Å². The molecule has 1 aliphatic heterocycles. The molecule has 0 saturated carbocycles. The van der Waals surface area contributed by atoms with Gasteiger partial charge in [0.2, 0.25) is 0 Å². The molecule has 0 amide bonds. The first-order chi connectivity index (χ1) is 13.6. The van der Waals surface area contributed by atoms with Gasteiger partial charge in [0.25, 0.3) is 0 Å². The molecule has 1 aromatic rings. The van der Waals surface area contributed by atoms with Gasteiger partial charge >= 0.3 is 0 Å². The smallest absolute Gasteiger partial charge is 0.191 e. The molecule has 1 unspecified atom stereocenters. The van der Waals surface area contributed by atoms with Crippen LogP contribution < -0.4 is 25.0 Å². The molecule has 0 aromatic heterocycles. The van der Waals surface area contributed by atoms with E-state index in [9.17, 15) is 0 Å². The van der Waals surface area contributed by atoms with E-state index < -0.39 is 0 Å². The third kappa shape index (κ3) is 6.48. The molecule has 158 valence electrons. The van der Waals surface area contributed by atoms with E-state index in [2.05, 4.69) is 53.3 Å². The molecular weight excluding hydrogens is 354 g/mol. The quantitative estimate of drug-likeness (QED) is 0.471. The molecule has 0 radical (unpaired) electrons. The van der Waals surface area contributed by atoms with E-state index in [1.54, 1.807) is 14.2 Å². The summed E-state index contributed by atoms with van der Waals surface area (Å²) in [4.78, 5) is 9.51. The molecule has 1 atom stereocenters. The summed E-state index contributed by atoms with van der Waals surface area (Å²) in [5, 5.41) is 6.97. The summed E-state index contributed by atoms with van der Waals surface area (Å²) in [6.45, 7) is 13.2. The van der Waals surface area contributed by atoms with E-state index in [0.29, 0.717) is 6.04 Å². The Morgan fingerprint density at radius 1 is 1.14 bits per heavy atom. The molecule has 1 fully saturated rings. The predicted octanol–water partition coefficient (Wildman–Crippen LogP) is 2.18. The van der Waals surface area contributed by atoms with Crippen molar-refractivity contribution in [3.63, 3.8) is 0 Å². The highest BCUT2D eigenvalue weighted by Crippen LogP contribution is 2.30. The number of aliphatic imine (C=N–C) groups is 1. The lowest BCUT2D eigenvalue weighted by Crippen LogP contribution is -2.45. The van der Waals surface area contributed by atoms with Crippen molar-refractivity contribution in [3.8, 4) is 11.5 Å². The van der Waals surface area contributed by atoms with Gasteiger partial charge in [-0.2, -0.15) is 0 Å². The number of benzene rings is 1. The fraction of sp³-hybridized carbons (Fsp3) is 0.667. The number of nitrogens with zero attached hydrogens (tertiary/aromatic N) is 3. The first-order valence-corrected chi connectivity index (χ1v) is 10.4. The van der Waals surface area contributed by atoms with Crippen molar-refractivity contribution in [1.82, 2.24) is 15.5 Å². The maximum absolute atomic E-state index is 5.41. The van der Waals surface area contributed by atoms with Gasteiger partial charge in [-0.15, -0.1) is 0 Å². The second-order valence-electron chi connectivity index (χ2n) is 6.93. The molecule has 1 heterocycles. The summed E-state index contributed by atoms with van der Waals surface area (Å²) >= 11 is 0. The minimum atomic E-state index is 0.364. The van der Waals surface area contributed by atoms with Crippen LogP contribution in [0.25, 0.3) is 0 Å². The average molecular weight is 392 g/mol. The molecular formula is C21H37N5O2. The zero-order valence-electron chi connectivity index (χ0n) is 18.1. The molecule has 2 rings (SSSR count). The van der Waals surface area contributed by atoms with Crippen molar-refractivity contribution < 1.29 is 9.47 Å². The molecule has 2 N–H and O–H groups in total. The highest BCUT2D eigenvalue weighted by atomic mass is 16.5. The third-order valence-electron chi connectivity index (χ3n) is 5.16. The summed E-state index contributed by atoms with van der Waals surface area (Å²) < 4.78 is 10.8. The summed E-state index contributed by atoms with van der Waals surface area (Å²) in [5.74, 6) is 2.54. The maximum Gasteiger partial charge on any atom is 0.191 e. The van der Waals surface area contributed by atoms with Crippen molar-refractivity contribution in [2.45, 2.75) is 33.2 Å². The molecule has 0 bridgehead atoms. The van der Waals surface area contributed by atoms with Crippen molar-refractivity contribution in [3.05, 3.63) is 18.2 Å². The summed E-state index contributed by atoms with van der Waals surface area (Å²) in [6, 6.07) is 6.40. The second kappa shape index (κ2) is 11.6. The number of methoxy groups -OCH3 is 2. The fourth-order valence-electron chi connectivity index (χ4n) is 3.44. The molecule has 28 heavy (non-hydrogen) atoms. The number of hydrogen-bond acceptors (Lipinski definition) is 5. The third-order valence-corrected chi connectivity index (χ3v) is 5.16. The van der Waals surface area contributed by atoms with E-state index >= 15 is 0 Å². The van der Waals surface area contributed by atoms with Crippen LogP contribution in [0.2, 0.25) is 0 Å². The Labute approximate surface area is 170 Å². The number of hydrogen-bond donors (Lipinski definition) is 2. The second-order valence-corrected chi connectivity index (χ2v) is 6.93. The SMILES string of the molecule is CCNC(=NCCN(CC)CC)NC1CCN(c2cc(OC)cc(OC)c2)C1. The lowest BCUT2D eigenvalue weighted by molar-refractivity contribution is 0.313. The number of guanidine groups is 1. The Bertz CT molecular complexity index is 597. The van der Waals surface area contributed by atoms with Gasteiger partial charge in [0.1, 0.15) is 11.5 Å². The number of likely N-dealkylation sites (N-methyl/N-ethyl adjacent to an activating group) is 1. The lowest BCUT2D eigenvalue weighted by Gasteiger charge is -2.22. The van der Waals surface area contributed by atoms with E-state index in [1.807, 2.05) is 6.07 Å². The van der Waals surface area contributed by atoms with Gasteiger partial charge in [-0.05, 0) is 26.4 Å². The molecule has 7 heteroatoms. The van der Waals surface area contributed by atoms with Gasteiger partial charge in [0.05, 0.1) is 20.8 Å². The fourth-order valence-corrected chi connectivity index (χ4v) is 3.44. The summed E-state index contributed by atoms with van der Waals surface area (Å²) in [6.07, 6.45) is 1.07. The number of anilines is 1. The van der Waals surface area contributed by atoms with Gasteiger partial charge in [-0.3, -0.25) is 4.99 Å². The Hall–Kier alpha value is -2.15. The van der Waals surface area contributed by atoms with Gasteiger partial charge in [-0.1, -0.05) is 13.8 Å². The van der Waals surface area contributed by atoms with Crippen LogP contribution in [0, 0.1) is 0 Å².